The molecular weight excluding hydrogens is 395 g/mol. The van der Waals surface area contributed by atoms with E-state index in [4.69, 9.17) is 0 Å². The highest BCUT2D eigenvalue weighted by atomic mass is 32.2. The molecule has 0 bridgehead atoms. The molecule has 2 aromatic carbocycles. The van der Waals surface area contributed by atoms with Gasteiger partial charge in [-0.15, -0.1) is 0 Å². The van der Waals surface area contributed by atoms with Crippen molar-refractivity contribution in [3.8, 4) is 0 Å². The molecule has 0 spiro atoms. The van der Waals surface area contributed by atoms with Crippen molar-refractivity contribution in [1.29, 1.82) is 0 Å². The Balaban J connectivity index is 1.68. The van der Waals surface area contributed by atoms with Gasteiger partial charge >= 0.3 is 5.97 Å². The summed E-state index contributed by atoms with van der Waals surface area (Å²) in [5.41, 5.74) is 2.76. The number of carboxylic acids is 1. The van der Waals surface area contributed by atoms with E-state index in [1.807, 2.05) is 28.8 Å². The monoisotopic (exact) mass is 416 g/mol. The van der Waals surface area contributed by atoms with E-state index in [1.165, 1.54) is 12.1 Å². The van der Waals surface area contributed by atoms with E-state index < -0.39 is 27.9 Å². The summed E-state index contributed by atoms with van der Waals surface area (Å²) in [7, 11) is -3.77. The molecule has 29 heavy (non-hydrogen) atoms. The van der Waals surface area contributed by atoms with Gasteiger partial charge in [-0.25, -0.2) is 22.3 Å². The smallest absolute Gasteiger partial charge is 0.326 e. The molecule has 152 valence electrons. The largest absolute Gasteiger partial charge is 0.480 e. The number of sulfonamides is 1. The van der Waals surface area contributed by atoms with E-state index in [2.05, 4.69) is 4.72 Å². The van der Waals surface area contributed by atoms with Gasteiger partial charge in [-0.3, -0.25) is 0 Å². The summed E-state index contributed by atoms with van der Waals surface area (Å²) in [6, 6.07) is 11.3. The van der Waals surface area contributed by atoms with Crippen LogP contribution >= 0.6 is 0 Å². The molecule has 2 atom stereocenters. The van der Waals surface area contributed by atoms with E-state index >= 15 is 0 Å². The molecule has 0 aliphatic heterocycles. The van der Waals surface area contributed by atoms with Gasteiger partial charge in [-0.1, -0.05) is 18.2 Å². The van der Waals surface area contributed by atoms with Crippen molar-refractivity contribution in [3.05, 3.63) is 65.6 Å². The second-order valence-electron chi connectivity index (χ2n) is 7.34. The number of aromatic nitrogens is 1. The van der Waals surface area contributed by atoms with E-state index in [0.29, 0.717) is 19.3 Å². The van der Waals surface area contributed by atoms with Crippen LogP contribution in [0.3, 0.4) is 0 Å². The van der Waals surface area contributed by atoms with Crippen LogP contribution < -0.4 is 4.72 Å². The average molecular weight is 416 g/mol. The molecule has 1 aliphatic rings. The number of carboxylic acid groups (broad SMARTS) is 1. The lowest BCUT2D eigenvalue weighted by Gasteiger charge is -2.26. The number of nitrogens with zero attached hydrogens (tertiary/aromatic N) is 1. The van der Waals surface area contributed by atoms with Crippen molar-refractivity contribution in [2.24, 2.45) is 0 Å². The number of halogens is 1. The Morgan fingerprint density at radius 2 is 1.90 bits per heavy atom. The summed E-state index contributed by atoms with van der Waals surface area (Å²) in [6.07, 6.45) is 1.59. The molecule has 0 saturated heterocycles. The molecule has 0 fully saturated rings. The van der Waals surface area contributed by atoms with E-state index in [1.54, 1.807) is 6.92 Å². The minimum Gasteiger partial charge on any atom is -0.480 e. The number of hydrogen-bond acceptors (Lipinski definition) is 3. The highest BCUT2D eigenvalue weighted by molar-refractivity contribution is 7.89. The quantitative estimate of drug-likeness (QED) is 0.668. The van der Waals surface area contributed by atoms with E-state index in [0.717, 1.165) is 34.3 Å². The maximum Gasteiger partial charge on any atom is 0.326 e. The Morgan fingerprint density at radius 1 is 1.21 bits per heavy atom. The van der Waals surface area contributed by atoms with Crippen molar-refractivity contribution in [1.82, 2.24) is 9.29 Å². The zero-order chi connectivity index (χ0) is 20.8. The van der Waals surface area contributed by atoms with Gasteiger partial charge in [0, 0.05) is 22.6 Å². The predicted molar refractivity (Wildman–Crippen MR) is 107 cm³/mol. The minimum absolute atomic E-state index is 0.0200. The number of nitrogens with one attached hydrogen (secondary N) is 1. The zero-order valence-electron chi connectivity index (χ0n) is 15.8. The van der Waals surface area contributed by atoms with Crippen molar-refractivity contribution < 1.29 is 22.7 Å². The first-order valence-electron chi connectivity index (χ1n) is 9.39. The number of carbonyl (C=O) groups is 1. The molecule has 1 aromatic heterocycles. The Kier molecular flexibility index (Phi) is 4.92. The van der Waals surface area contributed by atoms with Crippen molar-refractivity contribution in [2.45, 2.75) is 43.2 Å². The first kappa shape index (κ1) is 19.6. The molecule has 1 heterocycles. The SMILES string of the molecule is CC(C(=O)O)n1c2c(c3ccccc31)CC(NS(=O)(=O)c1ccc(F)cc1)CC2. The molecule has 0 radical (unpaired) electrons. The van der Waals surface area contributed by atoms with E-state index in [-0.39, 0.29) is 10.9 Å². The van der Waals surface area contributed by atoms with Gasteiger partial charge in [0.05, 0.1) is 4.90 Å². The predicted octanol–water partition coefficient (Wildman–Crippen LogP) is 3.26. The summed E-state index contributed by atoms with van der Waals surface area (Å²) < 4.78 is 43.0. The maximum absolute atomic E-state index is 13.1. The van der Waals surface area contributed by atoms with Gasteiger partial charge in [0.1, 0.15) is 11.9 Å². The number of benzene rings is 2. The summed E-state index contributed by atoms with van der Waals surface area (Å²) in [6.45, 7) is 1.65. The Bertz CT molecular complexity index is 1190. The van der Waals surface area contributed by atoms with Crippen LogP contribution in [0.25, 0.3) is 10.9 Å². The maximum atomic E-state index is 13.1. The van der Waals surface area contributed by atoms with Gasteiger partial charge in [-0.2, -0.15) is 0 Å². The number of para-hydroxylation sites is 1. The molecule has 2 N–H and O–H groups in total. The highest BCUT2D eigenvalue weighted by Gasteiger charge is 2.30. The second kappa shape index (κ2) is 7.27. The van der Waals surface area contributed by atoms with Gasteiger partial charge < -0.3 is 9.67 Å². The normalized spacial score (nSPS) is 17.8. The summed E-state index contributed by atoms with van der Waals surface area (Å²) in [4.78, 5) is 11.6. The van der Waals surface area contributed by atoms with Crippen LogP contribution in [-0.2, 0) is 27.7 Å². The molecule has 3 aromatic rings. The fraction of sp³-hybridized carbons (Fsp3) is 0.286. The first-order valence-corrected chi connectivity index (χ1v) is 10.9. The molecule has 8 heteroatoms. The van der Waals surface area contributed by atoms with Gasteiger partial charge in [0.2, 0.25) is 10.0 Å². The number of aliphatic carboxylic acids is 1. The average Bonchev–Trinajstić information content (AvgIpc) is 3.01. The third-order valence-corrected chi connectivity index (χ3v) is 7.03. The first-order chi connectivity index (χ1) is 13.8. The lowest BCUT2D eigenvalue weighted by atomic mass is 9.92. The molecular formula is C21H21FN2O4S. The van der Waals surface area contributed by atoms with Crippen molar-refractivity contribution in [2.75, 3.05) is 0 Å². The molecule has 0 saturated carbocycles. The Morgan fingerprint density at radius 3 is 2.59 bits per heavy atom. The lowest BCUT2D eigenvalue weighted by Crippen LogP contribution is -2.39. The number of hydrogen-bond donors (Lipinski definition) is 2. The molecule has 2 unspecified atom stereocenters. The van der Waals surface area contributed by atoms with Gasteiger partial charge in [0.25, 0.3) is 0 Å². The van der Waals surface area contributed by atoms with Gasteiger partial charge in [0.15, 0.2) is 0 Å². The molecule has 0 amide bonds. The standard InChI is InChI=1S/C21H21FN2O4S/c1-13(21(25)26)24-19-5-3-2-4-17(19)18-12-15(8-11-20(18)24)23-29(27,28)16-9-6-14(22)7-10-16/h2-7,9-10,13,15,23H,8,11-12H2,1H3,(H,25,26). The minimum atomic E-state index is -3.77. The van der Waals surface area contributed by atoms with Crippen LogP contribution in [0.5, 0.6) is 0 Å². The van der Waals surface area contributed by atoms with Crippen LogP contribution in [0.15, 0.2) is 53.4 Å². The number of fused-ring (bicyclic) bond motifs is 3. The fourth-order valence-corrected chi connectivity index (χ4v) is 5.37. The number of rotatable bonds is 5. The zero-order valence-corrected chi connectivity index (χ0v) is 16.6. The third kappa shape index (κ3) is 3.54. The summed E-state index contributed by atoms with van der Waals surface area (Å²) in [5, 5.41) is 10.5. The van der Waals surface area contributed by atoms with Crippen LogP contribution in [-0.4, -0.2) is 30.1 Å². The van der Waals surface area contributed by atoms with E-state index in [9.17, 15) is 22.7 Å². The molecule has 6 nitrogen and oxygen atoms in total. The Hall–Kier alpha value is -2.71. The lowest BCUT2D eigenvalue weighted by molar-refractivity contribution is -0.140. The Labute approximate surface area is 168 Å². The third-order valence-electron chi connectivity index (χ3n) is 5.50. The molecule has 1 aliphatic carbocycles. The summed E-state index contributed by atoms with van der Waals surface area (Å²) in [5.74, 6) is -1.40. The second-order valence-corrected chi connectivity index (χ2v) is 9.06. The van der Waals surface area contributed by atoms with Crippen LogP contribution in [0, 0.1) is 5.82 Å². The summed E-state index contributed by atoms with van der Waals surface area (Å²) >= 11 is 0. The fourth-order valence-electron chi connectivity index (χ4n) is 4.10. The van der Waals surface area contributed by atoms with Crippen molar-refractivity contribution >= 4 is 26.9 Å². The van der Waals surface area contributed by atoms with Gasteiger partial charge in [-0.05, 0) is 62.1 Å². The topological polar surface area (TPSA) is 88.4 Å². The van der Waals surface area contributed by atoms with Crippen molar-refractivity contribution in [3.63, 3.8) is 0 Å². The van der Waals surface area contributed by atoms with Crippen LogP contribution in [0.2, 0.25) is 0 Å². The highest BCUT2D eigenvalue weighted by Crippen LogP contribution is 2.35. The molecule has 4 rings (SSSR count). The van der Waals surface area contributed by atoms with Crippen LogP contribution in [0.1, 0.15) is 30.6 Å². The van der Waals surface area contributed by atoms with Crippen LogP contribution in [0.4, 0.5) is 4.39 Å².